The normalized spacial score (nSPS) is 13.1. The Morgan fingerprint density at radius 3 is 1.67 bits per heavy atom. The van der Waals surface area contributed by atoms with E-state index in [4.69, 9.17) is 4.74 Å². The van der Waals surface area contributed by atoms with Crippen LogP contribution in [0, 0.1) is 13.8 Å². The molecule has 0 aliphatic carbocycles. The fraction of sp³-hybridized carbons (Fsp3) is 0.286. The lowest BCUT2D eigenvalue weighted by atomic mass is 10.2. The monoisotopic (exact) mass is 448 g/mol. The molecular formula is C21H26Cl2N6O. The van der Waals surface area contributed by atoms with E-state index in [9.17, 15) is 0 Å². The van der Waals surface area contributed by atoms with E-state index in [-0.39, 0.29) is 24.8 Å². The molecular weight excluding hydrogens is 423 g/mol. The minimum absolute atomic E-state index is 0. The third kappa shape index (κ3) is 5.72. The maximum absolute atomic E-state index is 5.46. The van der Waals surface area contributed by atoms with Crippen molar-refractivity contribution in [2.45, 2.75) is 13.8 Å². The molecule has 0 radical (unpaired) electrons. The summed E-state index contributed by atoms with van der Waals surface area (Å²) in [5.74, 6) is 1.68. The van der Waals surface area contributed by atoms with Crippen LogP contribution in [0.4, 0.5) is 29.2 Å². The first-order valence-corrected chi connectivity index (χ1v) is 9.43. The first-order chi connectivity index (χ1) is 13.7. The Bertz CT molecular complexity index is 900. The van der Waals surface area contributed by atoms with E-state index in [0.717, 1.165) is 35.6 Å². The number of anilines is 5. The van der Waals surface area contributed by atoms with Gasteiger partial charge >= 0.3 is 0 Å². The predicted octanol–water partition coefficient (Wildman–Crippen LogP) is 4.66. The lowest BCUT2D eigenvalue weighted by Gasteiger charge is -2.27. The van der Waals surface area contributed by atoms with Crippen molar-refractivity contribution in [1.29, 1.82) is 0 Å². The Morgan fingerprint density at radius 2 is 1.20 bits per heavy atom. The van der Waals surface area contributed by atoms with Crippen molar-refractivity contribution in [2.24, 2.45) is 0 Å². The van der Waals surface area contributed by atoms with Gasteiger partial charge in [-0.05, 0) is 37.1 Å². The largest absolute Gasteiger partial charge is 0.378 e. The summed E-state index contributed by atoms with van der Waals surface area (Å²) in [6.07, 6.45) is 0. The summed E-state index contributed by atoms with van der Waals surface area (Å²) in [7, 11) is 0. The van der Waals surface area contributed by atoms with Gasteiger partial charge in [0.1, 0.15) is 0 Å². The van der Waals surface area contributed by atoms with Crippen LogP contribution in [0.3, 0.4) is 0 Å². The van der Waals surface area contributed by atoms with Gasteiger partial charge < -0.3 is 20.3 Å². The minimum atomic E-state index is 0. The third-order valence-corrected chi connectivity index (χ3v) is 4.70. The van der Waals surface area contributed by atoms with Crippen LogP contribution < -0.4 is 15.5 Å². The molecule has 4 rings (SSSR count). The second-order valence-electron chi connectivity index (χ2n) is 6.76. The molecule has 9 heteroatoms. The average Bonchev–Trinajstić information content (AvgIpc) is 2.72. The second kappa shape index (κ2) is 11.0. The van der Waals surface area contributed by atoms with Crippen LogP contribution in [0.5, 0.6) is 0 Å². The zero-order valence-electron chi connectivity index (χ0n) is 17.0. The summed E-state index contributed by atoms with van der Waals surface area (Å²) in [6.45, 7) is 6.98. The van der Waals surface area contributed by atoms with Gasteiger partial charge in [0.2, 0.25) is 17.8 Å². The Morgan fingerprint density at radius 1 is 0.733 bits per heavy atom. The molecule has 2 heterocycles. The van der Waals surface area contributed by atoms with Crippen molar-refractivity contribution in [3.63, 3.8) is 0 Å². The van der Waals surface area contributed by atoms with Gasteiger partial charge in [-0.1, -0.05) is 36.4 Å². The van der Waals surface area contributed by atoms with E-state index in [1.165, 1.54) is 0 Å². The van der Waals surface area contributed by atoms with Gasteiger partial charge in [0, 0.05) is 24.5 Å². The quantitative estimate of drug-likeness (QED) is 0.587. The molecule has 0 bridgehead atoms. The number of ether oxygens (including phenoxy) is 1. The Labute approximate surface area is 189 Å². The number of benzene rings is 2. The molecule has 0 atom stereocenters. The molecule has 1 aliphatic heterocycles. The average molecular weight is 449 g/mol. The first kappa shape index (κ1) is 23.7. The smallest absolute Gasteiger partial charge is 0.233 e. The molecule has 30 heavy (non-hydrogen) atoms. The molecule has 2 N–H and O–H groups in total. The topological polar surface area (TPSA) is 75.2 Å². The standard InChI is InChI=1S/C21H24N6O.2ClH/c1-15-7-3-5-9-17(15)22-19-24-20(23-18-10-6-4-8-16(18)2)26-21(25-19)27-11-13-28-14-12-27;;/h3-10H,11-14H2,1-2H3,(H2,22,23,24,25,26);2*1H. The van der Waals surface area contributed by atoms with E-state index < -0.39 is 0 Å². The van der Waals surface area contributed by atoms with E-state index in [2.05, 4.69) is 56.5 Å². The highest BCUT2D eigenvalue weighted by atomic mass is 35.5. The molecule has 3 aromatic rings. The number of hydrogen-bond donors (Lipinski definition) is 2. The molecule has 0 unspecified atom stereocenters. The van der Waals surface area contributed by atoms with Gasteiger partial charge in [0.25, 0.3) is 0 Å². The van der Waals surface area contributed by atoms with Crippen LogP contribution in [-0.4, -0.2) is 41.3 Å². The van der Waals surface area contributed by atoms with Crippen molar-refractivity contribution in [2.75, 3.05) is 41.8 Å². The number of morpholine rings is 1. The van der Waals surface area contributed by atoms with Crippen molar-refractivity contribution in [3.05, 3.63) is 59.7 Å². The highest BCUT2D eigenvalue weighted by Crippen LogP contribution is 2.23. The number of para-hydroxylation sites is 2. The molecule has 1 saturated heterocycles. The summed E-state index contributed by atoms with van der Waals surface area (Å²) < 4.78 is 5.46. The molecule has 1 aromatic heterocycles. The molecule has 2 aromatic carbocycles. The van der Waals surface area contributed by atoms with Crippen LogP contribution >= 0.6 is 24.8 Å². The van der Waals surface area contributed by atoms with E-state index in [0.29, 0.717) is 31.1 Å². The van der Waals surface area contributed by atoms with Crippen LogP contribution in [0.15, 0.2) is 48.5 Å². The van der Waals surface area contributed by atoms with Gasteiger partial charge in [0.15, 0.2) is 0 Å². The molecule has 0 amide bonds. The number of halogens is 2. The maximum atomic E-state index is 5.46. The fourth-order valence-corrected chi connectivity index (χ4v) is 3.05. The van der Waals surface area contributed by atoms with E-state index in [1.807, 2.05) is 36.4 Å². The van der Waals surface area contributed by atoms with Crippen LogP contribution in [-0.2, 0) is 4.74 Å². The molecule has 160 valence electrons. The highest BCUT2D eigenvalue weighted by molar-refractivity contribution is 5.85. The van der Waals surface area contributed by atoms with Gasteiger partial charge in [-0.2, -0.15) is 15.0 Å². The van der Waals surface area contributed by atoms with Crippen LogP contribution in [0.25, 0.3) is 0 Å². The number of hydrogen-bond acceptors (Lipinski definition) is 7. The Hall–Kier alpha value is -2.61. The molecule has 0 saturated carbocycles. The summed E-state index contributed by atoms with van der Waals surface area (Å²) >= 11 is 0. The van der Waals surface area contributed by atoms with Crippen LogP contribution in [0.2, 0.25) is 0 Å². The van der Waals surface area contributed by atoms with Gasteiger partial charge in [-0.3, -0.25) is 0 Å². The molecule has 0 spiro atoms. The second-order valence-corrected chi connectivity index (χ2v) is 6.76. The zero-order valence-corrected chi connectivity index (χ0v) is 18.6. The lowest BCUT2D eigenvalue weighted by molar-refractivity contribution is 0.122. The van der Waals surface area contributed by atoms with E-state index in [1.54, 1.807) is 0 Å². The molecule has 7 nitrogen and oxygen atoms in total. The van der Waals surface area contributed by atoms with Crippen molar-refractivity contribution in [1.82, 2.24) is 15.0 Å². The van der Waals surface area contributed by atoms with Crippen molar-refractivity contribution < 1.29 is 4.74 Å². The van der Waals surface area contributed by atoms with Crippen molar-refractivity contribution >= 4 is 54.0 Å². The SMILES string of the molecule is Cc1ccccc1Nc1nc(Nc2ccccc2C)nc(N2CCOCC2)n1.Cl.Cl. The number of aromatic nitrogens is 3. The third-order valence-electron chi connectivity index (χ3n) is 4.70. The fourth-order valence-electron chi connectivity index (χ4n) is 3.05. The van der Waals surface area contributed by atoms with Gasteiger partial charge in [-0.15, -0.1) is 24.8 Å². The minimum Gasteiger partial charge on any atom is -0.378 e. The Kier molecular flexibility index (Phi) is 8.65. The summed E-state index contributed by atoms with van der Waals surface area (Å²) in [5.41, 5.74) is 4.21. The predicted molar refractivity (Wildman–Crippen MR) is 126 cm³/mol. The Balaban J connectivity index is 0.00000160. The molecule has 1 fully saturated rings. The number of aryl methyl sites for hydroxylation is 2. The molecule has 1 aliphatic rings. The zero-order chi connectivity index (χ0) is 19.3. The highest BCUT2D eigenvalue weighted by Gasteiger charge is 2.17. The maximum Gasteiger partial charge on any atom is 0.233 e. The number of nitrogens with one attached hydrogen (secondary N) is 2. The first-order valence-electron chi connectivity index (χ1n) is 9.43. The number of nitrogens with zero attached hydrogens (tertiary/aromatic N) is 4. The van der Waals surface area contributed by atoms with Crippen LogP contribution in [0.1, 0.15) is 11.1 Å². The van der Waals surface area contributed by atoms with Crippen molar-refractivity contribution in [3.8, 4) is 0 Å². The number of rotatable bonds is 5. The van der Waals surface area contributed by atoms with Gasteiger partial charge in [0.05, 0.1) is 13.2 Å². The van der Waals surface area contributed by atoms with E-state index >= 15 is 0 Å². The summed E-state index contributed by atoms with van der Waals surface area (Å²) in [4.78, 5) is 16.0. The summed E-state index contributed by atoms with van der Waals surface area (Å²) in [5, 5.41) is 6.66. The summed E-state index contributed by atoms with van der Waals surface area (Å²) in [6, 6.07) is 16.1. The lowest BCUT2D eigenvalue weighted by Crippen LogP contribution is -2.37. The van der Waals surface area contributed by atoms with Gasteiger partial charge in [-0.25, -0.2) is 0 Å².